The summed E-state index contributed by atoms with van der Waals surface area (Å²) in [6.07, 6.45) is 4.00. The molecular weight excluding hydrogens is 138 g/mol. The Morgan fingerprint density at radius 1 is 1.64 bits per heavy atom. The number of nitrogens with zero attached hydrogens (tertiary/aromatic N) is 1. The number of hydrogen-bond acceptors (Lipinski definition) is 2. The fourth-order valence-electron chi connectivity index (χ4n) is 0.950. The Morgan fingerprint density at radius 3 is 2.82 bits per heavy atom. The van der Waals surface area contributed by atoms with Crippen molar-refractivity contribution in [3.05, 3.63) is 35.7 Å². The topological polar surface area (TPSA) is 30.0 Å². The van der Waals surface area contributed by atoms with Crippen molar-refractivity contribution in [1.29, 1.82) is 0 Å². The van der Waals surface area contributed by atoms with Crippen molar-refractivity contribution in [1.82, 2.24) is 4.98 Å². The summed E-state index contributed by atoms with van der Waals surface area (Å²) in [6, 6.07) is 1.85. The summed E-state index contributed by atoms with van der Waals surface area (Å²) >= 11 is 0. The van der Waals surface area contributed by atoms with E-state index in [4.69, 9.17) is 0 Å². The Kier molecular flexibility index (Phi) is 2.16. The highest BCUT2D eigenvalue weighted by Gasteiger charge is 2.00. The lowest BCUT2D eigenvalue weighted by Crippen LogP contribution is -1.93. The SMILES string of the molecule is C=Cc1c(C)ccnc1C=O. The molecule has 11 heavy (non-hydrogen) atoms. The maximum absolute atomic E-state index is 10.4. The third kappa shape index (κ3) is 1.34. The van der Waals surface area contributed by atoms with Gasteiger partial charge in [0.25, 0.3) is 0 Å². The third-order valence-electron chi connectivity index (χ3n) is 1.55. The molecule has 0 aliphatic rings. The maximum atomic E-state index is 10.4. The summed E-state index contributed by atoms with van der Waals surface area (Å²) in [5.74, 6) is 0. The van der Waals surface area contributed by atoms with E-state index < -0.39 is 0 Å². The normalized spacial score (nSPS) is 9.18. The summed E-state index contributed by atoms with van der Waals surface area (Å²) in [7, 11) is 0. The van der Waals surface area contributed by atoms with Crippen LogP contribution in [0.3, 0.4) is 0 Å². The van der Waals surface area contributed by atoms with Crippen LogP contribution >= 0.6 is 0 Å². The van der Waals surface area contributed by atoms with Gasteiger partial charge in [-0.2, -0.15) is 0 Å². The van der Waals surface area contributed by atoms with Gasteiger partial charge in [-0.3, -0.25) is 9.78 Å². The average Bonchev–Trinajstić information content (AvgIpc) is 2.04. The Hall–Kier alpha value is -1.44. The van der Waals surface area contributed by atoms with Crippen LogP contribution in [0.5, 0.6) is 0 Å². The van der Waals surface area contributed by atoms with Gasteiger partial charge in [-0.25, -0.2) is 0 Å². The highest BCUT2D eigenvalue weighted by atomic mass is 16.1. The maximum Gasteiger partial charge on any atom is 0.169 e. The summed E-state index contributed by atoms with van der Waals surface area (Å²) < 4.78 is 0. The Balaban J connectivity index is 3.35. The first-order chi connectivity index (χ1) is 5.29. The second-order valence-corrected chi connectivity index (χ2v) is 2.25. The van der Waals surface area contributed by atoms with Crippen LogP contribution in [0.1, 0.15) is 21.6 Å². The van der Waals surface area contributed by atoms with Crippen molar-refractivity contribution >= 4 is 12.4 Å². The molecule has 0 aromatic carbocycles. The lowest BCUT2D eigenvalue weighted by atomic mass is 10.1. The number of hydrogen-bond donors (Lipinski definition) is 0. The zero-order valence-electron chi connectivity index (χ0n) is 6.37. The van der Waals surface area contributed by atoms with Gasteiger partial charge in [0.15, 0.2) is 6.29 Å². The van der Waals surface area contributed by atoms with Crippen molar-refractivity contribution in [2.24, 2.45) is 0 Å². The zero-order chi connectivity index (χ0) is 8.27. The molecule has 1 aromatic rings. The van der Waals surface area contributed by atoms with Gasteiger partial charge in [-0.05, 0) is 18.6 Å². The van der Waals surface area contributed by atoms with Gasteiger partial charge in [-0.1, -0.05) is 12.7 Å². The van der Waals surface area contributed by atoms with Crippen LogP contribution in [0, 0.1) is 6.92 Å². The number of carbonyl (C=O) groups excluding carboxylic acids is 1. The second kappa shape index (κ2) is 3.10. The minimum Gasteiger partial charge on any atom is -0.296 e. The van der Waals surface area contributed by atoms with Gasteiger partial charge < -0.3 is 0 Å². The molecule has 56 valence electrons. The number of rotatable bonds is 2. The van der Waals surface area contributed by atoms with Crippen LogP contribution in [-0.2, 0) is 0 Å². The molecule has 0 amide bonds. The molecule has 1 aromatic heterocycles. The second-order valence-electron chi connectivity index (χ2n) is 2.25. The Morgan fingerprint density at radius 2 is 2.36 bits per heavy atom. The number of carbonyl (C=O) groups is 1. The molecule has 1 heterocycles. The van der Waals surface area contributed by atoms with E-state index in [9.17, 15) is 4.79 Å². The molecule has 0 saturated heterocycles. The van der Waals surface area contributed by atoms with Crippen molar-refractivity contribution in [2.45, 2.75) is 6.92 Å². The molecule has 0 bridgehead atoms. The molecule has 1 rings (SSSR count). The molecule has 0 aliphatic heterocycles. The van der Waals surface area contributed by atoms with Gasteiger partial charge in [0.2, 0.25) is 0 Å². The molecule has 2 nitrogen and oxygen atoms in total. The summed E-state index contributed by atoms with van der Waals surface area (Å²) in [5, 5.41) is 0. The van der Waals surface area contributed by atoms with E-state index in [1.165, 1.54) is 0 Å². The lowest BCUT2D eigenvalue weighted by Gasteiger charge is -2.00. The smallest absolute Gasteiger partial charge is 0.169 e. The molecule has 0 aliphatic carbocycles. The summed E-state index contributed by atoms with van der Waals surface area (Å²) in [4.78, 5) is 14.3. The third-order valence-corrected chi connectivity index (χ3v) is 1.55. The molecular formula is C9H9NO. The van der Waals surface area contributed by atoms with Crippen LogP contribution < -0.4 is 0 Å². The van der Waals surface area contributed by atoms with Crippen molar-refractivity contribution < 1.29 is 4.79 Å². The first-order valence-corrected chi connectivity index (χ1v) is 3.33. The highest BCUT2D eigenvalue weighted by Crippen LogP contribution is 2.10. The van der Waals surface area contributed by atoms with E-state index in [1.807, 2.05) is 13.0 Å². The molecule has 0 fully saturated rings. The molecule has 0 radical (unpaired) electrons. The molecule has 2 heteroatoms. The fourth-order valence-corrected chi connectivity index (χ4v) is 0.950. The zero-order valence-corrected chi connectivity index (χ0v) is 6.37. The molecule has 0 spiro atoms. The average molecular weight is 147 g/mol. The van der Waals surface area contributed by atoms with E-state index in [0.717, 1.165) is 17.4 Å². The van der Waals surface area contributed by atoms with Crippen LogP contribution in [0.15, 0.2) is 18.8 Å². The standard InChI is InChI=1S/C9H9NO/c1-3-8-7(2)4-5-10-9(8)6-11/h3-6H,1H2,2H3. The van der Waals surface area contributed by atoms with Gasteiger partial charge in [0, 0.05) is 11.8 Å². The molecule has 0 saturated carbocycles. The number of aldehydes is 1. The van der Waals surface area contributed by atoms with Gasteiger partial charge in [0.05, 0.1) is 0 Å². The van der Waals surface area contributed by atoms with Crippen LogP contribution in [0.25, 0.3) is 6.08 Å². The minimum atomic E-state index is 0.458. The number of pyridine rings is 1. The monoisotopic (exact) mass is 147 g/mol. The van der Waals surface area contributed by atoms with Crippen molar-refractivity contribution in [3.8, 4) is 0 Å². The Labute approximate surface area is 65.6 Å². The van der Waals surface area contributed by atoms with Crippen LogP contribution in [0.4, 0.5) is 0 Å². The number of aromatic nitrogens is 1. The van der Waals surface area contributed by atoms with Gasteiger partial charge in [-0.15, -0.1) is 0 Å². The van der Waals surface area contributed by atoms with Crippen molar-refractivity contribution in [3.63, 3.8) is 0 Å². The molecule has 0 unspecified atom stereocenters. The van der Waals surface area contributed by atoms with E-state index in [1.54, 1.807) is 12.3 Å². The summed E-state index contributed by atoms with van der Waals surface area (Å²) in [6.45, 7) is 5.52. The first-order valence-electron chi connectivity index (χ1n) is 3.33. The van der Waals surface area contributed by atoms with Gasteiger partial charge >= 0.3 is 0 Å². The predicted molar refractivity (Wildman–Crippen MR) is 44.5 cm³/mol. The number of aryl methyl sites for hydroxylation is 1. The molecule has 0 N–H and O–H groups in total. The van der Waals surface area contributed by atoms with Gasteiger partial charge in [0.1, 0.15) is 5.69 Å². The van der Waals surface area contributed by atoms with E-state index in [0.29, 0.717) is 5.69 Å². The van der Waals surface area contributed by atoms with E-state index in [-0.39, 0.29) is 0 Å². The summed E-state index contributed by atoms with van der Waals surface area (Å²) in [5.41, 5.74) is 2.31. The Bertz CT molecular complexity index is 292. The fraction of sp³-hybridized carbons (Fsp3) is 0.111. The molecule has 0 atom stereocenters. The first kappa shape index (κ1) is 7.66. The highest BCUT2D eigenvalue weighted by molar-refractivity contribution is 5.79. The van der Waals surface area contributed by atoms with Crippen LogP contribution in [0.2, 0.25) is 0 Å². The minimum absolute atomic E-state index is 0.458. The van der Waals surface area contributed by atoms with E-state index >= 15 is 0 Å². The van der Waals surface area contributed by atoms with E-state index in [2.05, 4.69) is 11.6 Å². The quantitative estimate of drug-likeness (QED) is 0.597. The predicted octanol–water partition coefficient (Wildman–Crippen LogP) is 1.85. The van der Waals surface area contributed by atoms with Crippen LogP contribution in [-0.4, -0.2) is 11.3 Å². The largest absolute Gasteiger partial charge is 0.296 e. The lowest BCUT2D eigenvalue weighted by molar-refractivity contribution is 0.111. The van der Waals surface area contributed by atoms with Crippen molar-refractivity contribution in [2.75, 3.05) is 0 Å².